The highest BCUT2D eigenvalue weighted by Gasteiger charge is 2.17. The van der Waals surface area contributed by atoms with Crippen LogP contribution in [0.2, 0.25) is 0 Å². The Balaban J connectivity index is 2.76. The summed E-state index contributed by atoms with van der Waals surface area (Å²) < 4.78 is 5.44. The number of para-hydroxylation sites is 1. The van der Waals surface area contributed by atoms with Gasteiger partial charge in [-0.05, 0) is 26.6 Å². The Morgan fingerprint density at radius 2 is 2.10 bits per heavy atom. The topological polar surface area (TPSA) is 62.9 Å². The van der Waals surface area contributed by atoms with E-state index in [2.05, 4.69) is 28.2 Å². The second kappa shape index (κ2) is 9.23. The first kappa shape index (κ1) is 17.3. The van der Waals surface area contributed by atoms with Crippen molar-refractivity contribution in [2.45, 2.75) is 25.8 Å². The monoisotopic (exact) mass is 292 g/mol. The fourth-order valence-electron chi connectivity index (χ4n) is 2.12. The van der Waals surface area contributed by atoms with Gasteiger partial charge in [0.2, 0.25) is 0 Å². The molecule has 0 bridgehead atoms. The van der Waals surface area contributed by atoms with Crippen LogP contribution in [0.25, 0.3) is 0 Å². The average molecular weight is 292 g/mol. The van der Waals surface area contributed by atoms with Crippen LogP contribution in [0.1, 0.15) is 31.4 Å². The predicted molar refractivity (Wildman–Crippen MR) is 88.8 cm³/mol. The van der Waals surface area contributed by atoms with E-state index in [1.54, 1.807) is 7.11 Å². The first-order valence-corrected chi connectivity index (χ1v) is 7.43. The minimum Gasteiger partial charge on any atom is -0.496 e. The minimum atomic E-state index is 0.132. The maximum Gasteiger partial charge on any atom is 0.188 e. The Bertz CT molecular complexity index is 446. The number of guanidine groups is 1. The third-order valence-corrected chi connectivity index (χ3v) is 3.39. The highest BCUT2D eigenvalue weighted by molar-refractivity contribution is 5.77. The van der Waals surface area contributed by atoms with E-state index in [9.17, 15) is 0 Å². The van der Waals surface area contributed by atoms with E-state index in [0.29, 0.717) is 12.5 Å². The molecule has 1 unspecified atom stereocenters. The normalized spacial score (nSPS) is 13.3. The summed E-state index contributed by atoms with van der Waals surface area (Å²) in [5.74, 6) is 1.38. The molecular weight excluding hydrogens is 264 g/mol. The molecule has 0 radical (unpaired) electrons. The van der Waals surface area contributed by atoms with Gasteiger partial charge in [0.1, 0.15) is 5.75 Å². The quantitative estimate of drug-likeness (QED) is 0.437. The minimum absolute atomic E-state index is 0.132. The summed E-state index contributed by atoms with van der Waals surface area (Å²) in [6.45, 7) is 3.62. The fraction of sp³-hybridized carbons (Fsp3) is 0.562. The van der Waals surface area contributed by atoms with Gasteiger partial charge in [0.05, 0.1) is 19.7 Å². The van der Waals surface area contributed by atoms with Crippen LogP contribution in [0.5, 0.6) is 5.75 Å². The molecule has 21 heavy (non-hydrogen) atoms. The summed E-state index contributed by atoms with van der Waals surface area (Å²) in [6, 6.07) is 8.16. The number of likely N-dealkylation sites (N-methyl/N-ethyl adjacent to an activating group) is 1. The number of ether oxygens (including phenoxy) is 1. The van der Waals surface area contributed by atoms with E-state index in [0.717, 1.165) is 30.7 Å². The predicted octanol–water partition coefficient (Wildman–Crippen LogP) is 2.00. The van der Waals surface area contributed by atoms with Crippen LogP contribution in [0.15, 0.2) is 29.3 Å². The molecule has 1 atom stereocenters. The van der Waals surface area contributed by atoms with Crippen molar-refractivity contribution in [2.24, 2.45) is 10.7 Å². The molecule has 0 spiro atoms. The molecular formula is C16H28N4O. The summed E-state index contributed by atoms with van der Waals surface area (Å²) in [7, 11) is 5.76. The lowest BCUT2D eigenvalue weighted by molar-refractivity contribution is 0.295. The zero-order chi connectivity index (χ0) is 15.7. The summed E-state index contributed by atoms with van der Waals surface area (Å²) in [5, 5.41) is 3.14. The van der Waals surface area contributed by atoms with Crippen LogP contribution in [0.3, 0.4) is 0 Å². The number of nitrogens with zero attached hydrogens (tertiary/aromatic N) is 2. The Labute approximate surface area is 128 Å². The molecule has 0 aliphatic rings. The number of hydrogen-bond donors (Lipinski definition) is 2. The van der Waals surface area contributed by atoms with E-state index < -0.39 is 0 Å². The van der Waals surface area contributed by atoms with Gasteiger partial charge in [-0.1, -0.05) is 31.5 Å². The van der Waals surface area contributed by atoms with Gasteiger partial charge < -0.3 is 20.7 Å². The van der Waals surface area contributed by atoms with E-state index in [-0.39, 0.29) is 6.04 Å². The van der Waals surface area contributed by atoms with Crippen LogP contribution in [-0.2, 0) is 0 Å². The van der Waals surface area contributed by atoms with E-state index in [1.807, 2.05) is 32.3 Å². The Morgan fingerprint density at radius 1 is 1.38 bits per heavy atom. The molecule has 118 valence electrons. The lowest BCUT2D eigenvalue weighted by Gasteiger charge is -2.25. The zero-order valence-electron chi connectivity index (χ0n) is 13.6. The number of methoxy groups -OCH3 is 1. The Kier molecular flexibility index (Phi) is 7.61. The smallest absolute Gasteiger partial charge is 0.188 e. The van der Waals surface area contributed by atoms with Gasteiger partial charge >= 0.3 is 0 Å². The molecule has 0 saturated carbocycles. The van der Waals surface area contributed by atoms with Gasteiger partial charge in [0, 0.05) is 12.1 Å². The van der Waals surface area contributed by atoms with Crippen molar-refractivity contribution in [2.75, 3.05) is 34.3 Å². The molecule has 0 amide bonds. The number of aliphatic imine (C=N–C) groups is 1. The van der Waals surface area contributed by atoms with Gasteiger partial charge in [-0.15, -0.1) is 0 Å². The lowest BCUT2D eigenvalue weighted by atomic mass is 10.0. The average Bonchev–Trinajstić information content (AvgIpc) is 2.48. The third-order valence-electron chi connectivity index (χ3n) is 3.39. The highest BCUT2D eigenvalue weighted by Crippen LogP contribution is 2.27. The maximum absolute atomic E-state index is 5.90. The van der Waals surface area contributed by atoms with Crippen molar-refractivity contribution in [3.8, 4) is 5.75 Å². The van der Waals surface area contributed by atoms with Crippen molar-refractivity contribution < 1.29 is 4.74 Å². The molecule has 1 rings (SSSR count). The molecule has 0 fully saturated rings. The summed E-state index contributed by atoms with van der Waals surface area (Å²) in [5.41, 5.74) is 7.02. The first-order chi connectivity index (χ1) is 10.1. The number of benzene rings is 1. The Hall–Kier alpha value is -1.75. The SMILES string of the molecule is CCCCNC(N)=NCC(c1ccccc1OC)N(C)C. The third kappa shape index (κ3) is 5.63. The van der Waals surface area contributed by atoms with Crippen molar-refractivity contribution in [3.05, 3.63) is 29.8 Å². The maximum atomic E-state index is 5.90. The van der Waals surface area contributed by atoms with Gasteiger partial charge in [-0.2, -0.15) is 0 Å². The van der Waals surface area contributed by atoms with Crippen LogP contribution in [0.4, 0.5) is 0 Å². The van der Waals surface area contributed by atoms with Crippen LogP contribution < -0.4 is 15.8 Å². The summed E-state index contributed by atoms with van der Waals surface area (Å²) in [4.78, 5) is 6.58. The molecule has 1 aromatic carbocycles. The summed E-state index contributed by atoms with van der Waals surface area (Å²) in [6.07, 6.45) is 2.24. The first-order valence-electron chi connectivity index (χ1n) is 7.43. The van der Waals surface area contributed by atoms with Crippen molar-refractivity contribution in [1.82, 2.24) is 10.2 Å². The number of nitrogens with two attached hydrogens (primary N) is 1. The molecule has 0 aromatic heterocycles. The standard InChI is InChI=1S/C16H28N4O/c1-5-6-11-18-16(17)19-12-14(20(2)3)13-9-7-8-10-15(13)21-4/h7-10,14H,5-6,11-12H2,1-4H3,(H3,17,18,19). The zero-order valence-corrected chi connectivity index (χ0v) is 13.6. The highest BCUT2D eigenvalue weighted by atomic mass is 16.5. The van der Waals surface area contributed by atoms with Gasteiger partial charge in [-0.25, -0.2) is 0 Å². The van der Waals surface area contributed by atoms with E-state index in [4.69, 9.17) is 10.5 Å². The molecule has 5 heteroatoms. The lowest BCUT2D eigenvalue weighted by Crippen LogP contribution is -2.33. The van der Waals surface area contributed by atoms with Crippen LogP contribution in [0, 0.1) is 0 Å². The van der Waals surface area contributed by atoms with E-state index >= 15 is 0 Å². The van der Waals surface area contributed by atoms with Gasteiger partial charge in [-0.3, -0.25) is 4.99 Å². The molecule has 3 N–H and O–H groups in total. The van der Waals surface area contributed by atoms with Crippen LogP contribution >= 0.6 is 0 Å². The molecule has 0 saturated heterocycles. The number of rotatable bonds is 8. The summed E-state index contributed by atoms with van der Waals surface area (Å²) >= 11 is 0. The number of unbranched alkanes of at least 4 members (excludes halogenated alkanes) is 1. The molecule has 0 heterocycles. The number of nitrogens with one attached hydrogen (secondary N) is 1. The van der Waals surface area contributed by atoms with Crippen molar-refractivity contribution in [1.29, 1.82) is 0 Å². The second-order valence-corrected chi connectivity index (χ2v) is 5.23. The second-order valence-electron chi connectivity index (χ2n) is 5.23. The van der Waals surface area contributed by atoms with Crippen LogP contribution in [-0.4, -0.2) is 45.2 Å². The molecule has 0 aliphatic heterocycles. The van der Waals surface area contributed by atoms with E-state index in [1.165, 1.54) is 0 Å². The van der Waals surface area contributed by atoms with Gasteiger partial charge in [0.25, 0.3) is 0 Å². The fourth-order valence-corrected chi connectivity index (χ4v) is 2.12. The van der Waals surface area contributed by atoms with Crippen molar-refractivity contribution in [3.63, 3.8) is 0 Å². The number of hydrogen-bond acceptors (Lipinski definition) is 3. The molecule has 1 aromatic rings. The molecule has 5 nitrogen and oxygen atoms in total. The Morgan fingerprint density at radius 3 is 2.71 bits per heavy atom. The largest absolute Gasteiger partial charge is 0.496 e. The molecule has 0 aliphatic carbocycles. The van der Waals surface area contributed by atoms with Crippen molar-refractivity contribution >= 4 is 5.96 Å². The van der Waals surface area contributed by atoms with Gasteiger partial charge in [0.15, 0.2) is 5.96 Å².